The van der Waals surface area contributed by atoms with E-state index in [9.17, 15) is 0 Å². The molecule has 0 bridgehead atoms. The van der Waals surface area contributed by atoms with Crippen molar-refractivity contribution in [2.45, 2.75) is 39.2 Å². The first-order chi connectivity index (χ1) is 9.49. The Morgan fingerprint density at radius 2 is 1.65 bits per heavy atom. The number of hydrogen-bond acceptors (Lipinski definition) is 3. The van der Waals surface area contributed by atoms with Crippen molar-refractivity contribution in [3.63, 3.8) is 0 Å². The SMILES string of the molecule is CCOCCOCC(NC)c1ccc(C(C)(C)C)cc1. The summed E-state index contributed by atoms with van der Waals surface area (Å²) in [4.78, 5) is 0. The summed E-state index contributed by atoms with van der Waals surface area (Å²) < 4.78 is 10.9. The van der Waals surface area contributed by atoms with Crippen molar-refractivity contribution in [1.29, 1.82) is 0 Å². The lowest BCUT2D eigenvalue weighted by atomic mass is 9.86. The molecule has 3 nitrogen and oxygen atoms in total. The average molecular weight is 279 g/mol. The van der Waals surface area contributed by atoms with Crippen LogP contribution in [0.4, 0.5) is 0 Å². The van der Waals surface area contributed by atoms with E-state index in [0.29, 0.717) is 19.8 Å². The van der Waals surface area contributed by atoms with E-state index < -0.39 is 0 Å². The summed E-state index contributed by atoms with van der Waals surface area (Å²) in [6.07, 6.45) is 0. The van der Waals surface area contributed by atoms with E-state index in [2.05, 4.69) is 50.4 Å². The molecule has 0 aliphatic rings. The van der Waals surface area contributed by atoms with Crippen LogP contribution < -0.4 is 5.32 Å². The summed E-state index contributed by atoms with van der Waals surface area (Å²) in [5.74, 6) is 0. The van der Waals surface area contributed by atoms with E-state index in [0.717, 1.165) is 6.61 Å². The molecule has 1 unspecified atom stereocenters. The molecule has 3 heteroatoms. The van der Waals surface area contributed by atoms with E-state index in [1.54, 1.807) is 0 Å². The van der Waals surface area contributed by atoms with Gasteiger partial charge in [-0.15, -0.1) is 0 Å². The third-order valence-corrected chi connectivity index (χ3v) is 3.39. The second-order valence-electron chi connectivity index (χ2n) is 5.99. The summed E-state index contributed by atoms with van der Waals surface area (Å²) in [7, 11) is 1.97. The van der Waals surface area contributed by atoms with Crippen LogP contribution >= 0.6 is 0 Å². The molecule has 0 amide bonds. The number of benzene rings is 1. The summed E-state index contributed by atoms with van der Waals surface area (Å²) >= 11 is 0. The maximum atomic E-state index is 5.65. The van der Waals surface area contributed by atoms with Gasteiger partial charge in [-0.25, -0.2) is 0 Å². The van der Waals surface area contributed by atoms with Crippen LogP contribution in [0.25, 0.3) is 0 Å². The van der Waals surface area contributed by atoms with Crippen LogP contribution in [-0.4, -0.2) is 33.5 Å². The van der Waals surface area contributed by atoms with Crippen LogP contribution in [0.5, 0.6) is 0 Å². The number of hydrogen-bond donors (Lipinski definition) is 1. The Balaban J connectivity index is 2.53. The van der Waals surface area contributed by atoms with E-state index in [1.165, 1.54) is 11.1 Å². The van der Waals surface area contributed by atoms with Crippen LogP contribution in [0.1, 0.15) is 44.9 Å². The second kappa shape index (κ2) is 8.40. The zero-order valence-electron chi connectivity index (χ0n) is 13.5. The van der Waals surface area contributed by atoms with Crippen LogP contribution in [0.2, 0.25) is 0 Å². The highest BCUT2D eigenvalue weighted by Gasteiger charge is 2.15. The lowest BCUT2D eigenvalue weighted by molar-refractivity contribution is 0.0441. The first-order valence-corrected chi connectivity index (χ1v) is 7.42. The third kappa shape index (κ3) is 5.61. The molecular formula is C17H29NO2. The second-order valence-corrected chi connectivity index (χ2v) is 5.99. The van der Waals surface area contributed by atoms with Gasteiger partial charge in [-0.1, -0.05) is 45.0 Å². The molecule has 0 spiro atoms. The van der Waals surface area contributed by atoms with Gasteiger partial charge in [0.2, 0.25) is 0 Å². The Hall–Kier alpha value is -0.900. The van der Waals surface area contributed by atoms with Crippen molar-refractivity contribution in [3.05, 3.63) is 35.4 Å². The van der Waals surface area contributed by atoms with Crippen LogP contribution in [0.3, 0.4) is 0 Å². The number of likely N-dealkylation sites (N-methyl/N-ethyl adjacent to an activating group) is 1. The zero-order chi connectivity index (χ0) is 15.0. The molecule has 1 N–H and O–H groups in total. The summed E-state index contributed by atoms with van der Waals surface area (Å²) in [6.45, 7) is 11.4. The van der Waals surface area contributed by atoms with Gasteiger partial charge in [0.25, 0.3) is 0 Å². The molecule has 0 fully saturated rings. The normalized spacial score (nSPS) is 13.4. The van der Waals surface area contributed by atoms with Crippen LogP contribution in [0.15, 0.2) is 24.3 Å². The van der Waals surface area contributed by atoms with E-state index in [-0.39, 0.29) is 11.5 Å². The molecule has 0 aliphatic heterocycles. The molecule has 1 aromatic rings. The van der Waals surface area contributed by atoms with Crippen molar-refractivity contribution in [2.75, 3.05) is 33.5 Å². The van der Waals surface area contributed by atoms with Gasteiger partial charge in [0, 0.05) is 6.61 Å². The van der Waals surface area contributed by atoms with Crippen LogP contribution in [-0.2, 0) is 14.9 Å². The highest BCUT2D eigenvalue weighted by molar-refractivity contribution is 5.29. The lowest BCUT2D eigenvalue weighted by Crippen LogP contribution is -2.23. The molecule has 0 aliphatic carbocycles. The van der Waals surface area contributed by atoms with Crippen LogP contribution in [0, 0.1) is 0 Å². The van der Waals surface area contributed by atoms with Gasteiger partial charge >= 0.3 is 0 Å². The van der Waals surface area contributed by atoms with Crippen molar-refractivity contribution in [2.24, 2.45) is 0 Å². The third-order valence-electron chi connectivity index (χ3n) is 3.39. The fourth-order valence-electron chi connectivity index (χ4n) is 2.03. The fraction of sp³-hybridized carbons (Fsp3) is 0.647. The van der Waals surface area contributed by atoms with E-state index >= 15 is 0 Å². The number of rotatable bonds is 8. The highest BCUT2D eigenvalue weighted by Crippen LogP contribution is 2.24. The molecule has 0 saturated heterocycles. The van der Waals surface area contributed by atoms with Gasteiger partial charge in [-0.2, -0.15) is 0 Å². The molecule has 0 aromatic heterocycles. The van der Waals surface area contributed by atoms with Gasteiger partial charge in [-0.3, -0.25) is 0 Å². The highest BCUT2D eigenvalue weighted by atomic mass is 16.5. The van der Waals surface area contributed by atoms with Crippen molar-refractivity contribution < 1.29 is 9.47 Å². The predicted molar refractivity (Wildman–Crippen MR) is 84.3 cm³/mol. The van der Waals surface area contributed by atoms with Crippen molar-refractivity contribution >= 4 is 0 Å². The summed E-state index contributed by atoms with van der Waals surface area (Å²) in [5.41, 5.74) is 2.81. The molecule has 20 heavy (non-hydrogen) atoms. The molecular weight excluding hydrogens is 250 g/mol. The quantitative estimate of drug-likeness (QED) is 0.741. The lowest BCUT2D eigenvalue weighted by Gasteiger charge is -2.21. The maximum absolute atomic E-state index is 5.65. The Kier molecular flexibility index (Phi) is 7.20. The molecule has 1 atom stereocenters. The number of ether oxygens (including phenoxy) is 2. The van der Waals surface area contributed by atoms with Crippen molar-refractivity contribution in [3.8, 4) is 0 Å². The fourth-order valence-corrected chi connectivity index (χ4v) is 2.03. The first kappa shape index (κ1) is 17.2. The molecule has 0 radical (unpaired) electrons. The summed E-state index contributed by atoms with van der Waals surface area (Å²) in [6, 6.07) is 9.02. The Labute approximate surface area is 123 Å². The Morgan fingerprint density at radius 3 is 2.15 bits per heavy atom. The molecule has 114 valence electrons. The van der Waals surface area contributed by atoms with Gasteiger partial charge in [-0.05, 0) is 30.5 Å². The number of nitrogens with one attached hydrogen (secondary N) is 1. The van der Waals surface area contributed by atoms with Gasteiger partial charge in [0.05, 0.1) is 25.9 Å². The topological polar surface area (TPSA) is 30.5 Å². The largest absolute Gasteiger partial charge is 0.379 e. The van der Waals surface area contributed by atoms with Crippen molar-refractivity contribution in [1.82, 2.24) is 5.32 Å². The predicted octanol–water partition coefficient (Wildman–Crippen LogP) is 3.30. The Morgan fingerprint density at radius 1 is 1.05 bits per heavy atom. The minimum absolute atomic E-state index is 0.196. The monoisotopic (exact) mass is 279 g/mol. The average Bonchev–Trinajstić information content (AvgIpc) is 2.42. The minimum Gasteiger partial charge on any atom is -0.379 e. The smallest absolute Gasteiger partial charge is 0.0701 e. The molecule has 0 saturated carbocycles. The molecule has 1 aromatic carbocycles. The van der Waals surface area contributed by atoms with E-state index in [1.807, 2.05) is 14.0 Å². The zero-order valence-corrected chi connectivity index (χ0v) is 13.5. The maximum Gasteiger partial charge on any atom is 0.0701 e. The molecule has 0 heterocycles. The minimum atomic E-state index is 0.196. The van der Waals surface area contributed by atoms with Gasteiger partial charge < -0.3 is 14.8 Å². The van der Waals surface area contributed by atoms with Gasteiger partial charge in [0.1, 0.15) is 0 Å². The Bertz CT molecular complexity index is 368. The standard InChI is InChI=1S/C17H29NO2/c1-6-19-11-12-20-13-16(18-5)14-7-9-15(10-8-14)17(2,3)4/h7-10,16,18H,6,11-13H2,1-5H3. The molecule has 1 rings (SSSR count). The first-order valence-electron chi connectivity index (χ1n) is 7.42. The summed E-state index contributed by atoms with van der Waals surface area (Å²) in [5, 5.41) is 3.30. The van der Waals surface area contributed by atoms with Gasteiger partial charge in [0.15, 0.2) is 0 Å². The van der Waals surface area contributed by atoms with E-state index in [4.69, 9.17) is 9.47 Å².